The summed E-state index contributed by atoms with van der Waals surface area (Å²) in [5, 5.41) is 0.690. The van der Waals surface area contributed by atoms with E-state index in [1.54, 1.807) is 24.2 Å². The molecule has 0 bridgehead atoms. The van der Waals surface area contributed by atoms with Crippen LogP contribution in [-0.2, 0) is 12.8 Å². The van der Waals surface area contributed by atoms with Crippen molar-refractivity contribution in [3.8, 4) is 0 Å². The van der Waals surface area contributed by atoms with Gasteiger partial charge in [-0.25, -0.2) is 9.37 Å². The first-order chi connectivity index (χ1) is 15.1. The number of nitrogens with one attached hydrogen (secondary N) is 1. The molecule has 3 rings (SSSR count). The first-order valence-corrected chi connectivity index (χ1v) is 12.0. The largest absolute Gasteiger partial charge is 0.301 e. The van der Waals surface area contributed by atoms with Crippen LogP contribution in [0.5, 0.6) is 0 Å². The van der Waals surface area contributed by atoms with E-state index < -0.39 is 0 Å². The fourth-order valence-electron chi connectivity index (χ4n) is 3.39. The van der Waals surface area contributed by atoms with Gasteiger partial charge in [-0.2, -0.15) is 0 Å². The van der Waals surface area contributed by atoms with Gasteiger partial charge in [-0.3, -0.25) is 9.78 Å². The summed E-state index contributed by atoms with van der Waals surface area (Å²) in [4.78, 5) is 23.9. The number of hydrogen-bond donors (Lipinski definition) is 1. The lowest BCUT2D eigenvalue weighted by Gasteiger charge is -2.05. The van der Waals surface area contributed by atoms with Crippen molar-refractivity contribution in [3.63, 3.8) is 0 Å². The molecule has 0 aliphatic heterocycles. The highest BCUT2D eigenvalue weighted by molar-refractivity contribution is 7.99. The molecular weight excluding hydrogens is 409 g/mol. The Bertz CT molecular complexity index is 987. The van der Waals surface area contributed by atoms with Gasteiger partial charge in [0.1, 0.15) is 5.82 Å². The summed E-state index contributed by atoms with van der Waals surface area (Å²) in [6.45, 7) is 1.94. The van der Waals surface area contributed by atoms with Crippen molar-refractivity contribution in [2.45, 2.75) is 63.4 Å². The van der Waals surface area contributed by atoms with E-state index in [1.807, 2.05) is 31.2 Å². The average Bonchev–Trinajstić information content (AvgIpc) is 2.77. The van der Waals surface area contributed by atoms with Crippen molar-refractivity contribution in [1.82, 2.24) is 15.0 Å². The number of hydrogen-bond acceptors (Lipinski definition) is 4. The molecule has 2 aromatic heterocycles. The van der Waals surface area contributed by atoms with E-state index in [9.17, 15) is 9.18 Å². The van der Waals surface area contributed by atoms with Crippen LogP contribution in [-0.4, -0.2) is 20.7 Å². The molecule has 0 saturated heterocycles. The number of benzene rings is 1. The molecule has 0 spiro atoms. The number of aromatic amines is 1. The molecule has 4 nitrogen and oxygen atoms in total. The molecule has 0 fully saturated rings. The van der Waals surface area contributed by atoms with Gasteiger partial charge >= 0.3 is 0 Å². The molecule has 6 heteroatoms. The zero-order valence-electron chi connectivity index (χ0n) is 18.1. The Morgan fingerprint density at radius 2 is 1.58 bits per heavy atom. The van der Waals surface area contributed by atoms with Crippen LogP contribution in [0.3, 0.4) is 0 Å². The normalized spacial score (nSPS) is 11.0. The molecule has 164 valence electrons. The number of thioether (sulfide) groups is 1. The van der Waals surface area contributed by atoms with Gasteiger partial charge in [0.15, 0.2) is 5.16 Å². The summed E-state index contributed by atoms with van der Waals surface area (Å²) in [6.07, 6.45) is 12.2. The van der Waals surface area contributed by atoms with E-state index in [0.717, 1.165) is 36.3 Å². The Balaban J connectivity index is 1.27. The Kier molecular flexibility index (Phi) is 9.28. The third-order valence-corrected chi connectivity index (χ3v) is 6.20. The number of nitrogens with zero attached hydrogens (tertiary/aromatic N) is 2. The van der Waals surface area contributed by atoms with Crippen molar-refractivity contribution in [2.24, 2.45) is 0 Å². The quantitative estimate of drug-likeness (QED) is 0.218. The van der Waals surface area contributed by atoms with Gasteiger partial charge in [-0.1, -0.05) is 55.6 Å². The Hall–Kier alpha value is -2.47. The maximum Gasteiger partial charge on any atom is 0.255 e. The minimum Gasteiger partial charge on any atom is -0.301 e. The van der Waals surface area contributed by atoms with E-state index in [1.165, 1.54) is 43.4 Å². The molecule has 31 heavy (non-hydrogen) atoms. The lowest BCUT2D eigenvalue weighted by Crippen LogP contribution is -2.14. The first-order valence-electron chi connectivity index (χ1n) is 11.0. The van der Waals surface area contributed by atoms with Crippen molar-refractivity contribution >= 4 is 11.8 Å². The SMILES string of the molecule is Cc1ccc(Cc2cnc(SCCCCCCCCc3ccc(F)cc3)[nH]c2=O)cn1. The molecular formula is C25H30FN3OS. The highest BCUT2D eigenvalue weighted by Gasteiger charge is 2.05. The molecule has 0 amide bonds. The minimum atomic E-state index is -0.170. The second kappa shape index (κ2) is 12.4. The topological polar surface area (TPSA) is 58.6 Å². The molecule has 0 unspecified atom stereocenters. The van der Waals surface area contributed by atoms with Crippen molar-refractivity contribution in [2.75, 3.05) is 5.75 Å². The molecule has 0 saturated carbocycles. The van der Waals surface area contributed by atoms with Gasteiger partial charge in [-0.15, -0.1) is 0 Å². The number of aryl methyl sites for hydroxylation is 2. The third-order valence-electron chi connectivity index (χ3n) is 5.23. The molecule has 0 atom stereocenters. The maximum absolute atomic E-state index is 12.9. The van der Waals surface area contributed by atoms with Crippen LogP contribution in [0.15, 0.2) is 58.7 Å². The minimum absolute atomic E-state index is 0.0702. The standard InChI is InChI=1S/C25H30FN3OS/c1-19-9-10-21(17-27-19)16-22-18-28-25(29-24(22)30)31-15-7-5-3-2-4-6-8-20-11-13-23(26)14-12-20/h9-14,17-18H,2-8,15-16H2,1H3,(H,28,29,30). The van der Waals surface area contributed by atoms with E-state index in [-0.39, 0.29) is 11.4 Å². The zero-order valence-corrected chi connectivity index (χ0v) is 18.9. The second-order valence-electron chi connectivity index (χ2n) is 7.87. The van der Waals surface area contributed by atoms with E-state index in [0.29, 0.717) is 17.1 Å². The summed E-state index contributed by atoms with van der Waals surface area (Å²) in [5.74, 6) is 0.788. The lowest BCUT2D eigenvalue weighted by molar-refractivity contribution is 0.607. The van der Waals surface area contributed by atoms with Crippen LogP contribution >= 0.6 is 11.8 Å². The number of aromatic nitrogens is 3. The first kappa shape index (κ1) is 23.2. The van der Waals surface area contributed by atoms with Crippen molar-refractivity contribution in [3.05, 3.63) is 87.3 Å². The molecule has 0 aliphatic carbocycles. The molecule has 3 aromatic rings. The Morgan fingerprint density at radius 3 is 2.29 bits per heavy atom. The highest BCUT2D eigenvalue weighted by atomic mass is 32.2. The fraction of sp³-hybridized carbons (Fsp3) is 0.400. The van der Waals surface area contributed by atoms with Crippen molar-refractivity contribution < 1.29 is 4.39 Å². The Morgan fingerprint density at radius 1 is 0.871 bits per heavy atom. The van der Waals surface area contributed by atoms with E-state index in [2.05, 4.69) is 15.0 Å². The highest BCUT2D eigenvalue weighted by Crippen LogP contribution is 2.16. The van der Waals surface area contributed by atoms with Crippen LogP contribution in [0, 0.1) is 12.7 Å². The smallest absolute Gasteiger partial charge is 0.255 e. The average molecular weight is 440 g/mol. The monoisotopic (exact) mass is 439 g/mol. The van der Waals surface area contributed by atoms with Crippen LogP contribution in [0.4, 0.5) is 4.39 Å². The van der Waals surface area contributed by atoms with Crippen molar-refractivity contribution in [1.29, 1.82) is 0 Å². The van der Waals surface area contributed by atoms with Gasteiger partial charge in [0.2, 0.25) is 0 Å². The molecule has 1 N–H and O–H groups in total. The van der Waals surface area contributed by atoms with Crippen LogP contribution in [0.2, 0.25) is 0 Å². The molecule has 1 aromatic carbocycles. The zero-order chi connectivity index (χ0) is 21.9. The summed E-state index contributed by atoms with van der Waals surface area (Å²) >= 11 is 1.61. The number of rotatable bonds is 12. The van der Waals surface area contributed by atoms with Gasteiger partial charge in [0, 0.05) is 35.8 Å². The molecule has 2 heterocycles. The van der Waals surface area contributed by atoms with Crippen LogP contribution < -0.4 is 5.56 Å². The maximum atomic E-state index is 12.9. The molecule has 0 radical (unpaired) electrons. The van der Waals surface area contributed by atoms with Gasteiger partial charge in [-0.05, 0) is 55.5 Å². The number of H-pyrrole nitrogens is 1. The predicted octanol–water partition coefficient (Wildman–Crippen LogP) is 5.88. The van der Waals surface area contributed by atoms with Gasteiger partial charge in [0.25, 0.3) is 5.56 Å². The van der Waals surface area contributed by atoms with E-state index >= 15 is 0 Å². The van der Waals surface area contributed by atoms with Gasteiger partial charge < -0.3 is 4.98 Å². The second-order valence-corrected chi connectivity index (χ2v) is 8.96. The van der Waals surface area contributed by atoms with Crippen LogP contribution in [0.25, 0.3) is 0 Å². The fourth-order valence-corrected chi connectivity index (χ4v) is 4.22. The summed E-state index contributed by atoms with van der Waals surface area (Å²) in [5.41, 5.74) is 3.78. The third kappa shape index (κ3) is 8.29. The molecule has 0 aliphatic rings. The number of pyridine rings is 1. The number of unbranched alkanes of at least 4 members (excludes halogenated alkanes) is 5. The predicted molar refractivity (Wildman–Crippen MR) is 125 cm³/mol. The summed E-state index contributed by atoms with van der Waals surface area (Å²) in [6, 6.07) is 10.8. The van der Waals surface area contributed by atoms with Gasteiger partial charge in [0.05, 0.1) is 0 Å². The van der Waals surface area contributed by atoms with Crippen LogP contribution in [0.1, 0.15) is 60.9 Å². The summed E-state index contributed by atoms with van der Waals surface area (Å²) in [7, 11) is 0. The number of halogens is 1. The van der Waals surface area contributed by atoms with E-state index in [4.69, 9.17) is 0 Å². The summed E-state index contributed by atoms with van der Waals surface area (Å²) < 4.78 is 12.9. The lowest BCUT2D eigenvalue weighted by atomic mass is 10.1. The Labute approximate surface area is 187 Å².